The van der Waals surface area contributed by atoms with Gasteiger partial charge >= 0.3 is 0 Å². The molecule has 0 unspecified atom stereocenters. The third-order valence-electron chi connectivity index (χ3n) is 2.59. The number of rotatable bonds is 3. The normalized spacial score (nSPS) is 11.2. The second-order valence-corrected chi connectivity index (χ2v) is 6.97. The van der Waals surface area contributed by atoms with E-state index < -0.39 is 15.7 Å². The number of pyridine rings is 1. The van der Waals surface area contributed by atoms with Gasteiger partial charge in [-0.05, 0) is 18.2 Å². The molecule has 0 bridgehead atoms. The molecule has 8 heteroatoms. The smallest absolute Gasteiger partial charge is 0.257 e. The van der Waals surface area contributed by atoms with Crippen molar-refractivity contribution in [3.63, 3.8) is 0 Å². The number of carbonyl (C=O) groups excluding carboxylic acids is 1. The number of nitrogens with one attached hydrogen (secondary N) is 1. The number of halogens is 2. The molecule has 1 N–H and O–H groups in total. The van der Waals surface area contributed by atoms with Crippen LogP contribution in [0.5, 0.6) is 0 Å². The summed E-state index contributed by atoms with van der Waals surface area (Å²) in [5, 5.41) is 2.75. The van der Waals surface area contributed by atoms with Gasteiger partial charge in [0, 0.05) is 12.5 Å². The van der Waals surface area contributed by atoms with E-state index in [0.29, 0.717) is 0 Å². The van der Waals surface area contributed by atoms with E-state index in [1.165, 1.54) is 24.4 Å². The van der Waals surface area contributed by atoms with Gasteiger partial charge in [0.2, 0.25) is 0 Å². The summed E-state index contributed by atoms with van der Waals surface area (Å²) in [6, 6.07) is 7.47. The lowest BCUT2D eigenvalue weighted by Gasteiger charge is -2.09. The molecule has 1 aromatic carbocycles. The second-order valence-electron chi connectivity index (χ2n) is 4.22. The Bertz CT molecular complexity index is 807. The summed E-state index contributed by atoms with van der Waals surface area (Å²) in [7, 11) is -3.45. The highest BCUT2D eigenvalue weighted by atomic mass is 35.5. The predicted molar refractivity (Wildman–Crippen MR) is 81.8 cm³/mol. The summed E-state index contributed by atoms with van der Waals surface area (Å²) in [6.07, 6.45) is 2.32. The van der Waals surface area contributed by atoms with Crippen LogP contribution in [-0.2, 0) is 9.84 Å². The number of hydrogen-bond acceptors (Lipinski definition) is 4. The van der Waals surface area contributed by atoms with Crippen LogP contribution in [-0.4, -0.2) is 25.6 Å². The highest BCUT2D eigenvalue weighted by Crippen LogP contribution is 2.23. The summed E-state index contributed by atoms with van der Waals surface area (Å²) in [6.45, 7) is 0. The number of sulfone groups is 1. The number of para-hydroxylation sites is 1. The quantitative estimate of drug-likeness (QED) is 0.868. The van der Waals surface area contributed by atoms with Gasteiger partial charge < -0.3 is 5.32 Å². The second kappa shape index (κ2) is 6.01. The molecule has 0 fully saturated rings. The first-order chi connectivity index (χ1) is 9.79. The van der Waals surface area contributed by atoms with Crippen molar-refractivity contribution in [1.29, 1.82) is 0 Å². The van der Waals surface area contributed by atoms with Crippen molar-refractivity contribution in [2.75, 3.05) is 11.6 Å². The molecular formula is C13H10Cl2N2O3S. The molecule has 0 atom stereocenters. The summed E-state index contributed by atoms with van der Waals surface area (Å²) in [5.41, 5.74) is 0.365. The van der Waals surface area contributed by atoms with Crippen LogP contribution in [0.25, 0.3) is 0 Å². The minimum absolute atomic E-state index is 0.0337. The lowest BCUT2D eigenvalue weighted by molar-refractivity contribution is 0.102. The van der Waals surface area contributed by atoms with Crippen molar-refractivity contribution >= 4 is 44.6 Å². The average molecular weight is 345 g/mol. The Balaban J connectivity index is 2.34. The Morgan fingerprint density at radius 3 is 2.52 bits per heavy atom. The highest BCUT2D eigenvalue weighted by molar-refractivity contribution is 7.90. The van der Waals surface area contributed by atoms with Crippen LogP contribution in [0.3, 0.4) is 0 Å². The number of nitrogens with zero attached hydrogens (tertiary/aromatic N) is 1. The fourth-order valence-corrected chi connectivity index (χ4v) is 2.75. The zero-order valence-corrected chi connectivity index (χ0v) is 13.1. The molecule has 1 amide bonds. The first kappa shape index (κ1) is 15.8. The van der Waals surface area contributed by atoms with E-state index in [1.54, 1.807) is 12.1 Å². The monoisotopic (exact) mass is 344 g/mol. The van der Waals surface area contributed by atoms with Crippen LogP contribution in [0.4, 0.5) is 5.69 Å². The Morgan fingerprint density at radius 1 is 1.24 bits per heavy atom. The Labute approximate surface area is 131 Å². The molecule has 0 spiro atoms. The van der Waals surface area contributed by atoms with Gasteiger partial charge in [-0.2, -0.15) is 0 Å². The third-order valence-corrected chi connectivity index (χ3v) is 4.43. The predicted octanol–water partition coefficient (Wildman–Crippen LogP) is 3.04. The van der Waals surface area contributed by atoms with Crippen LogP contribution in [0.1, 0.15) is 10.4 Å². The van der Waals surface area contributed by atoms with E-state index in [9.17, 15) is 13.2 Å². The van der Waals surface area contributed by atoms with E-state index in [1.807, 2.05) is 0 Å². The largest absolute Gasteiger partial charge is 0.321 e. The SMILES string of the molecule is CS(=O)(=O)c1ccccc1NC(=O)c1cnc(Cl)c(Cl)c1. The van der Waals surface area contributed by atoms with Crippen LogP contribution in [0.15, 0.2) is 41.4 Å². The van der Waals surface area contributed by atoms with Crippen molar-refractivity contribution in [3.05, 3.63) is 52.3 Å². The number of hydrogen-bond donors (Lipinski definition) is 1. The fourth-order valence-electron chi connectivity index (χ4n) is 1.63. The van der Waals surface area contributed by atoms with Gasteiger partial charge in [-0.15, -0.1) is 0 Å². The molecule has 0 radical (unpaired) electrons. The maximum absolute atomic E-state index is 12.1. The first-order valence-corrected chi connectivity index (χ1v) is 8.35. The molecule has 1 heterocycles. The average Bonchev–Trinajstić information content (AvgIpc) is 2.41. The molecule has 0 saturated carbocycles. The number of benzene rings is 1. The summed E-state index contributed by atoms with van der Waals surface area (Å²) < 4.78 is 23.3. The van der Waals surface area contributed by atoms with Crippen LogP contribution < -0.4 is 5.32 Å². The Kier molecular flexibility index (Phi) is 4.51. The van der Waals surface area contributed by atoms with Crippen molar-refractivity contribution in [3.8, 4) is 0 Å². The van der Waals surface area contributed by atoms with Gasteiger partial charge in [-0.3, -0.25) is 4.79 Å². The summed E-state index contributed by atoms with van der Waals surface area (Å²) >= 11 is 11.5. The van der Waals surface area contributed by atoms with Crippen molar-refractivity contribution in [2.24, 2.45) is 0 Å². The number of aromatic nitrogens is 1. The van der Waals surface area contributed by atoms with Gasteiger partial charge in [0.15, 0.2) is 9.84 Å². The summed E-state index contributed by atoms with van der Waals surface area (Å²) in [5.74, 6) is -0.530. The van der Waals surface area contributed by atoms with Gasteiger partial charge in [0.1, 0.15) is 5.15 Å². The first-order valence-electron chi connectivity index (χ1n) is 5.70. The van der Waals surface area contributed by atoms with Crippen LogP contribution in [0, 0.1) is 0 Å². The molecular weight excluding hydrogens is 335 g/mol. The van der Waals surface area contributed by atoms with Crippen molar-refractivity contribution in [2.45, 2.75) is 4.90 Å². The van der Waals surface area contributed by atoms with Crippen molar-refractivity contribution in [1.82, 2.24) is 4.98 Å². The third kappa shape index (κ3) is 3.72. The maximum atomic E-state index is 12.1. The minimum Gasteiger partial charge on any atom is -0.321 e. The van der Waals surface area contributed by atoms with Crippen LogP contribution in [0.2, 0.25) is 10.2 Å². The molecule has 5 nitrogen and oxygen atoms in total. The highest BCUT2D eigenvalue weighted by Gasteiger charge is 2.16. The van der Waals surface area contributed by atoms with E-state index in [-0.39, 0.29) is 26.3 Å². The van der Waals surface area contributed by atoms with Gasteiger partial charge in [-0.25, -0.2) is 13.4 Å². The molecule has 2 aromatic rings. The lowest BCUT2D eigenvalue weighted by atomic mass is 10.2. The van der Waals surface area contributed by atoms with Gasteiger partial charge in [0.25, 0.3) is 5.91 Å². The molecule has 110 valence electrons. The molecule has 0 aliphatic carbocycles. The standard InChI is InChI=1S/C13H10Cl2N2O3S/c1-21(19,20)11-5-3-2-4-10(11)17-13(18)8-6-9(14)12(15)16-7-8/h2-7H,1H3,(H,17,18). The lowest BCUT2D eigenvalue weighted by Crippen LogP contribution is -2.14. The molecule has 0 saturated heterocycles. The van der Waals surface area contributed by atoms with Crippen molar-refractivity contribution < 1.29 is 13.2 Å². The molecule has 0 aliphatic heterocycles. The number of anilines is 1. The van der Waals surface area contributed by atoms with Crippen LogP contribution >= 0.6 is 23.2 Å². The zero-order valence-electron chi connectivity index (χ0n) is 10.8. The summed E-state index contributed by atoms with van der Waals surface area (Å²) in [4.78, 5) is 15.9. The maximum Gasteiger partial charge on any atom is 0.257 e. The fraction of sp³-hybridized carbons (Fsp3) is 0.0769. The molecule has 21 heavy (non-hydrogen) atoms. The minimum atomic E-state index is -3.45. The number of carbonyl (C=O) groups is 1. The molecule has 2 rings (SSSR count). The molecule has 0 aliphatic rings. The Hall–Kier alpha value is -1.63. The van der Waals surface area contributed by atoms with E-state index in [2.05, 4.69) is 10.3 Å². The number of amides is 1. The Morgan fingerprint density at radius 2 is 1.90 bits per heavy atom. The van der Waals surface area contributed by atoms with E-state index in [4.69, 9.17) is 23.2 Å². The van der Waals surface area contributed by atoms with Gasteiger partial charge in [0.05, 0.1) is 21.2 Å². The molecule has 1 aromatic heterocycles. The topological polar surface area (TPSA) is 76.1 Å². The zero-order chi connectivity index (χ0) is 15.6. The van der Waals surface area contributed by atoms with Gasteiger partial charge in [-0.1, -0.05) is 35.3 Å². The van der Waals surface area contributed by atoms with E-state index >= 15 is 0 Å². The van der Waals surface area contributed by atoms with E-state index in [0.717, 1.165) is 6.26 Å².